The van der Waals surface area contributed by atoms with Crippen molar-refractivity contribution >= 4 is 82.7 Å². The zero-order valence-corrected chi connectivity index (χ0v) is 70.1. The van der Waals surface area contributed by atoms with Gasteiger partial charge >= 0.3 is 5.97 Å². The zero-order chi connectivity index (χ0) is 81.6. The molecule has 0 spiro atoms. The molecule has 0 aromatic heterocycles. The molecule has 0 bridgehead atoms. The number of carbonyl (C=O) groups is 12. The molecule has 1 heterocycles. The van der Waals surface area contributed by atoms with E-state index in [0.29, 0.717) is 56.5 Å². The maximum Gasteiger partial charge on any atom is 0.337 e. The lowest BCUT2D eigenvalue weighted by atomic mass is 9.90. The van der Waals surface area contributed by atoms with Crippen molar-refractivity contribution in [1.82, 2.24) is 60.9 Å². The van der Waals surface area contributed by atoms with Crippen LogP contribution in [0.5, 0.6) is 0 Å². The molecule has 0 radical (unpaired) electrons. The summed E-state index contributed by atoms with van der Waals surface area (Å²) in [7, 11) is 11.4. The summed E-state index contributed by atoms with van der Waals surface area (Å²) in [6.07, 6.45) is 4.00. The van der Waals surface area contributed by atoms with Crippen LogP contribution >= 0.6 is 11.8 Å². The Labute approximate surface area is 644 Å². The predicted molar refractivity (Wildman–Crippen MR) is 419 cm³/mol. The third-order valence-electron chi connectivity index (χ3n) is 20.4. The van der Waals surface area contributed by atoms with Crippen molar-refractivity contribution in [2.45, 2.75) is 273 Å². The van der Waals surface area contributed by atoms with Crippen molar-refractivity contribution in [2.75, 3.05) is 81.1 Å². The highest BCUT2D eigenvalue weighted by Crippen LogP contribution is 2.28. The number of likely N-dealkylation sites (N-methyl/N-ethyl adjacent to an activating group) is 7. The smallest absolute Gasteiger partial charge is 0.337 e. The number of methoxy groups -OCH3 is 1. The number of hydrogen-bond donors (Lipinski definition) is 7. The second-order valence-electron chi connectivity index (χ2n) is 31.9. The summed E-state index contributed by atoms with van der Waals surface area (Å²) >= 11 is 1.35. The van der Waals surface area contributed by atoms with Crippen LogP contribution < -0.4 is 26.6 Å². The number of unbranched alkanes of at least 4 members (excludes halogenated alkanes) is 4. The molecule has 28 heteroatoms. The first-order chi connectivity index (χ1) is 50.0. The largest absolute Gasteiger partial charge is 0.465 e. The van der Waals surface area contributed by atoms with Gasteiger partial charge in [0.2, 0.25) is 65.0 Å². The highest BCUT2D eigenvalue weighted by molar-refractivity contribution is 7.99. The normalized spacial score (nSPS) is 24.4. The number of carbonyl (C=O) groups excluding carboxylic acids is 12. The summed E-state index contributed by atoms with van der Waals surface area (Å²) in [5, 5.41) is 37.0. The van der Waals surface area contributed by atoms with Crippen LogP contribution in [0.4, 0.5) is 0 Å². The Kier molecular flexibility index (Phi) is 42.4. The SMILES string of the molecule is CC[C@@H]1NC(=O)[C@H]([C@H](O)[C@H](C)CCCCCCNCc2ccc(C(=O)OC)cc2)N(C)C(=O)[C@H](C(C)C)N(C)C(=O)[C@H](CC(C)C)N(C)C(=O)[C@@H](CC(C)C)N(C)C(=O)[C@H](C)NC(=O)[C@@H](C)NC(=O)[C@@H](CCC(C)C)N(C)C(=O)[C@@H](C(C)C)NC(=O)[C@H](CC(C)C)N(C)C(=O)[C@@H](CSCCCCO)N(C)C1=O. The molecule has 2 rings (SSSR count). The molecule has 1 fully saturated rings. The van der Waals surface area contributed by atoms with Gasteiger partial charge < -0.3 is 75.8 Å². The molecule has 1 saturated heterocycles. The molecule has 1 aromatic rings. The van der Waals surface area contributed by atoms with E-state index in [0.717, 1.165) is 29.7 Å². The van der Waals surface area contributed by atoms with Gasteiger partial charge in [0.1, 0.15) is 66.5 Å². The fraction of sp³-hybridized carbons (Fsp3) is 0.772. The van der Waals surface area contributed by atoms with E-state index in [1.54, 1.807) is 53.7 Å². The van der Waals surface area contributed by atoms with Crippen molar-refractivity contribution in [3.8, 4) is 0 Å². The summed E-state index contributed by atoms with van der Waals surface area (Å²) in [5.41, 5.74) is 1.46. The Morgan fingerprint density at radius 2 is 0.981 bits per heavy atom. The van der Waals surface area contributed by atoms with Crippen molar-refractivity contribution < 1.29 is 72.5 Å². The highest BCUT2D eigenvalue weighted by atomic mass is 32.2. The molecule has 0 unspecified atom stereocenters. The first-order valence-electron chi connectivity index (χ1n) is 38.9. The average molecular weight is 1530 g/mol. The zero-order valence-electron chi connectivity index (χ0n) is 69.2. The fourth-order valence-corrected chi connectivity index (χ4v) is 14.6. The number of aliphatic hydroxyl groups excluding tert-OH is 2. The Morgan fingerprint density at radius 1 is 0.495 bits per heavy atom. The number of hydrogen-bond acceptors (Lipinski definition) is 17. The molecule has 0 aliphatic carbocycles. The molecule has 7 N–H and O–H groups in total. The molecular formula is C79H138N12O15S. The third-order valence-corrected chi connectivity index (χ3v) is 21.5. The Hall–Kier alpha value is -6.91. The van der Waals surface area contributed by atoms with Crippen LogP contribution in [0.25, 0.3) is 0 Å². The first-order valence-corrected chi connectivity index (χ1v) is 40.0. The molecule has 610 valence electrons. The summed E-state index contributed by atoms with van der Waals surface area (Å²) in [4.78, 5) is 186. The van der Waals surface area contributed by atoms with Crippen molar-refractivity contribution in [1.29, 1.82) is 0 Å². The van der Waals surface area contributed by atoms with E-state index in [-0.39, 0.29) is 68.1 Å². The maximum atomic E-state index is 15.6. The summed E-state index contributed by atoms with van der Waals surface area (Å²) < 4.78 is 4.81. The van der Waals surface area contributed by atoms with Crippen LogP contribution in [0, 0.1) is 41.4 Å². The van der Waals surface area contributed by atoms with E-state index in [2.05, 4.69) is 26.6 Å². The van der Waals surface area contributed by atoms with Gasteiger partial charge in [-0.2, -0.15) is 11.8 Å². The predicted octanol–water partition coefficient (Wildman–Crippen LogP) is 6.09. The van der Waals surface area contributed by atoms with Crippen LogP contribution in [0.3, 0.4) is 0 Å². The molecule has 0 saturated carbocycles. The number of ether oxygens (including phenoxy) is 1. The minimum Gasteiger partial charge on any atom is -0.465 e. The molecule has 1 aliphatic heterocycles. The highest BCUT2D eigenvalue weighted by Gasteiger charge is 2.47. The van der Waals surface area contributed by atoms with Gasteiger partial charge in [-0.3, -0.25) is 52.7 Å². The second-order valence-corrected chi connectivity index (χ2v) is 33.1. The number of aliphatic hydroxyl groups is 2. The minimum absolute atomic E-state index is 0.0213. The fourth-order valence-electron chi connectivity index (χ4n) is 13.5. The van der Waals surface area contributed by atoms with Gasteiger partial charge in [0, 0.05) is 68.2 Å². The van der Waals surface area contributed by atoms with E-state index < -0.39 is 161 Å². The number of nitrogens with one attached hydrogen (secondary N) is 5. The van der Waals surface area contributed by atoms with E-state index in [1.807, 2.05) is 67.5 Å². The lowest BCUT2D eigenvalue weighted by Crippen LogP contribution is -2.64. The number of rotatable bonds is 30. The van der Waals surface area contributed by atoms with Crippen LogP contribution in [-0.2, 0) is 64.0 Å². The van der Waals surface area contributed by atoms with E-state index in [1.165, 1.54) is 111 Å². The summed E-state index contributed by atoms with van der Waals surface area (Å²) in [6, 6.07) is -6.88. The van der Waals surface area contributed by atoms with Gasteiger partial charge in [-0.05, 0) is 149 Å². The standard InChI is InChI=1S/C79H138N12O15S/c1-25-58-73(99)89(21)63(46-107-41-31-30-40-92)76(102)86(18)60(42-48(4)5)70(96)84-64(51(10)11)77(103)85(17)59(38-33-47(2)3)69(95)81-54(15)68(94)82-55(16)72(98)87(19)61(43-49(6)7)74(100)88(20)62(44-50(8)9)75(101)90(22)65(52(12)13)78(104)91(23)66(71(97)83-58)67(93)53(14)32-28-26-27-29-39-80-45-56-34-36-57(37-35-56)79(105)106-24/h34-37,47-55,58-67,80,92-93H,25-33,38-46H2,1-24H3,(H,81,95)(H,82,94)(H,83,97)(H,84,96)/t53-,54-,55+,58+,59-,60+,61-,62+,63-,64-,65+,66+,67-/m1/s1. The van der Waals surface area contributed by atoms with E-state index in [4.69, 9.17) is 4.74 Å². The van der Waals surface area contributed by atoms with Crippen molar-refractivity contribution in [3.63, 3.8) is 0 Å². The number of nitrogens with zero attached hydrogens (tertiary/aromatic N) is 7. The molecule has 27 nitrogen and oxygen atoms in total. The van der Waals surface area contributed by atoms with Gasteiger partial charge in [-0.15, -0.1) is 0 Å². The average Bonchev–Trinajstić information content (AvgIpc) is 0.806. The van der Waals surface area contributed by atoms with Crippen LogP contribution in [0.2, 0.25) is 0 Å². The van der Waals surface area contributed by atoms with E-state index in [9.17, 15) is 34.2 Å². The van der Waals surface area contributed by atoms with Gasteiger partial charge in [0.25, 0.3) is 0 Å². The number of esters is 1. The molecule has 11 amide bonds. The quantitative estimate of drug-likeness (QED) is 0.0338. The molecule has 1 aliphatic rings. The Balaban J connectivity index is 3.02. The van der Waals surface area contributed by atoms with Crippen LogP contribution in [0.1, 0.15) is 210 Å². The number of benzene rings is 1. The minimum atomic E-state index is -1.67. The lowest BCUT2D eigenvalue weighted by molar-refractivity contribution is -0.157. The van der Waals surface area contributed by atoms with Gasteiger partial charge in [0.05, 0.1) is 18.8 Å². The van der Waals surface area contributed by atoms with Gasteiger partial charge in [-0.25, -0.2) is 4.79 Å². The van der Waals surface area contributed by atoms with E-state index >= 15 is 33.6 Å². The van der Waals surface area contributed by atoms with Gasteiger partial charge in [-0.1, -0.05) is 128 Å². The van der Waals surface area contributed by atoms with Crippen LogP contribution in [-0.4, -0.2) is 269 Å². The molecule has 107 heavy (non-hydrogen) atoms. The maximum absolute atomic E-state index is 15.6. The Bertz CT molecular complexity index is 3030. The molecular weight excluding hydrogens is 1390 g/mol. The Morgan fingerprint density at radius 3 is 1.50 bits per heavy atom. The second kappa shape index (κ2) is 47.2. The van der Waals surface area contributed by atoms with Crippen molar-refractivity contribution in [3.05, 3.63) is 35.4 Å². The topological polar surface area (TPSA) is 337 Å². The lowest BCUT2D eigenvalue weighted by Gasteiger charge is -2.41. The van der Waals surface area contributed by atoms with Crippen molar-refractivity contribution in [2.24, 2.45) is 41.4 Å². The number of thioether (sulfide) groups is 1. The first kappa shape index (κ1) is 96.2. The van der Waals surface area contributed by atoms with Gasteiger partial charge in [0.15, 0.2) is 0 Å². The molecule has 13 atom stereocenters. The van der Waals surface area contributed by atoms with Crippen LogP contribution in [0.15, 0.2) is 24.3 Å². The molecule has 1 aromatic carbocycles. The number of amides is 11. The monoisotopic (exact) mass is 1530 g/mol. The third kappa shape index (κ3) is 29.5. The summed E-state index contributed by atoms with van der Waals surface area (Å²) in [6.45, 7) is 29.7. The summed E-state index contributed by atoms with van der Waals surface area (Å²) in [5.74, 6) is -9.73.